The molecule has 0 aliphatic carbocycles. The lowest BCUT2D eigenvalue weighted by atomic mass is 10.0. The molecule has 1 unspecified atom stereocenters. The van der Waals surface area contributed by atoms with Crippen LogP contribution in [0.15, 0.2) is 40.9 Å². The molecule has 1 aliphatic heterocycles. The van der Waals surface area contributed by atoms with Crippen molar-refractivity contribution in [2.24, 2.45) is 0 Å². The fourth-order valence-corrected chi connectivity index (χ4v) is 3.61. The van der Waals surface area contributed by atoms with Crippen LogP contribution in [-0.4, -0.2) is 12.5 Å². The van der Waals surface area contributed by atoms with E-state index in [2.05, 4.69) is 37.2 Å². The van der Waals surface area contributed by atoms with Crippen molar-refractivity contribution in [1.29, 1.82) is 0 Å². The van der Waals surface area contributed by atoms with Crippen LogP contribution in [0, 0.1) is 0 Å². The lowest BCUT2D eigenvalue weighted by Gasteiger charge is -2.20. The number of rotatable bonds is 2. The van der Waals surface area contributed by atoms with Crippen LogP contribution in [0.1, 0.15) is 16.0 Å². The van der Waals surface area contributed by atoms with Crippen LogP contribution < -0.4 is 10.1 Å². The van der Waals surface area contributed by atoms with Gasteiger partial charge in [0.05, 0.1) is 10.5 Å². The molecule has 3 rings (SSSR count). The van der Waals surface area contributed by atoms with Crippen LogP contribution in [-0.2, 0) is 4.79 Å². The molecule has 2 aromatic carbocycles. The number of nitrogens with one attached hydrogen (secondary N) is 1. The first-order valence-corrected chi connectivity index (χ1v) is 8.28. The molecule has 1 atom stereocenters. The lowest BCUT2D eigenvalue weighted by molar-refractivity contribution is -0.118. The second kappa shape index (κ2) is 5.99. The normalized spacial score (nSPS) is 14.9. The van der Waals surface area contributed by atoms with Crippen molar-refractivity contribution in [3.63, 3.8) is 0 Å². The Morgan fingerprint density at radius 2 is 2.00 bits per heavy atom. The molecule has 0 fully saturated rings. The first-order valence-electron chi connectivity index (χ1n) is 6.19. The monoisotopic (exact) mass is 429 g/mol. The topological polar surface area (TPSA) is 38.3 Å². The number of ether oxygens (including phenoxy) is 1. The molecule has 108 valence electrons. The SMILES string of the molecule is O=C1COc2ccc(C(Br)c3cc(Cl)cc(Br)c3)cc2N1. The Morgan fingerprint density at radius 3 is 2.76 bits per heavy atom. The van der Waals surface area contributed by atoms with Gasteiger partial charge in [-0.05, 0) is 41.5 Å². The van der Waals surface area contributed by atoms with E-state index in [-0.39, 0.29) is 17.3 Å². The van der Waals surface area contributed by atoms with E-state index in [0.717, 1.165) is 15.6 Å². The standard InChI is InChI=1S/C15H10Br2ClNO2/c16-10-3-9(4-11(18)6-10)15(17)8-1-2-13-12(5-8)19-14(20)7-21-13/h1-6,15H,7H2,(H,19,20). The molecule has 0 saturated heterocycles. The van der Waals surface area contributed by atoms with Crippen molar-refractivity contribution in [3.05, 3.63) is 57.0 Å². The zero-order chi connectivity index (χ0) is 15.0. The second-order valence-electron chi connectivity index (χ2n) is 4.66. The Balaban J connectivity index is 1.96. The molecule has 1 amide bonds. The molecule has 0 spiro atoms. The molecule has 0 saturated carbocycles. The van der Waals surface area contributed by atoms with E-state index < -0.39 is 0 Å². The van der Waals surface area contributed by atoms with Crippen LogP contribution in [0.4, 0.5) is 5.69 Å². The summed E-state index contributed by atoms with van der Waals surface area (Å²) in [4.78, 5) is 11.4. The zero-order valence-electron chi connectivity index (χ0n) is 10.7. The molecule has 0 bridgehead atoms. The molecular weight excluding hydrogens is 421 g/mol. The Morgan fingerprint density at radius 1 is 1.19 bits per heavy atom. The minimum absolute atomic E-state index is 0.0309. The highest BCUT2D eigenvalue weighted by Gasteiger charge is 2.19. The predicted molar refractivity (Wildman–Crippen MR) is 90.5 cm³/mol. The fourth-order valence-electron chi connectivity index (χ4n) is 2.17. The third-order valence-corrected chi connectivity index (χ3v) is 4.84. The molecule has 1 heterocycles. The van der Waals surface area contributed by atoms with E-state index in [1.165, 1.54) is 0 Å². The third-order valence-electron chi connectivity index (χ3n) is 3.11. The Kier molecular flexibility index (Phi) is 4.24. The minimum atomic E-state index is -0.142. The number of carbonyl (C=O) groups is 1. The maximum absolute atomic E-state index is 11.4. The van der Waals surface area contributed by atoms with Crippen LogP contribution >= 0.6 is 43.5 Å². The number of hydrogen-bond donors (Lipinski definition) is 1. The third kappa shape index (κ3) is 3.25. The number of hydrogen-bond acceptors (Lipinski definition) is 2. The van der Waals surface area contributed by atoms with Gasteiger partial charge in [-0.25, -0.2) is 0 Å². The van der Waals surface area contributed by atoms with E-state index >= 15 is 0 Å². The first kappa shape index (κ1) is 14.9. The van der Waals surface area contributed by atoms with Gasteiger partial charge in [-0.2, -0.15) is 0 Å². The maximum Gasteiger partial charge on any atom is 0.262 e. The molecule has 21 heavy (non-hydrogen) atoms. The summed E-state index contributed by atoms with van der Waals surface area (Å²) in [5.74, 6) is 0.543. The van der Waals surface area contributed by atoms with Gasteiger partial charge < -0.3 is 10.1 Å². The van der Waals surface area contributed by atoms with Gasteiger partial charge in [0, 0.05) is 9.50 Å². The Hall–Kier alpha value is -1.04. The number of fused-ring (bicyclic) bond motifs is 1. The molecule has 1 N–H and O–H groups in total. The molecule has 6 heteroatoms. The number of alkyl halides is 1. The molecular formula is C15H10Br2ClNO2. The summed E-state index contributed by atoms with van der Waals surface area (Å²) in [6.45, 7) is 0.0608. The van der Waals surface area contributed by atoms with Crippen LogP contribution in [0.25, 0.3) is 0 Å². The summed E-state index contributed by atoms with van der Waals surface area (Å²) in [7, 11) is 0. The maximum atomic E-state index is 11.4. The average molecular weight is 432 g/mol. The first-order chi connectivity index (χ1) is 10.0. The predicted octanol–water partition coefficient (Wildman–Crippen LogP) is 4.92. The van der Waals surface area contributed by atoms with Gasteiger partial charge in [-0.3, -0.25) is 4.79 Å². The van der Waals surface area contributed by atoms with Crippen molar-refractivity contribution < 1.29 is 9.53 Å². The average Bonchev–Trinajstić information content (AvgIpc) is 2.44. The van der Waals surface area contributed by atoms with Crippen molar-refractivity contribution >= 4 is 55.1 Å². The fraction of sp³-hybridized carbons (Fsp3) is 0.133. The van der Waals surface area contributed by atoms with Crippen molar-refractivity contribution in [2.45, 2.75) is 4.83 Å². The number of anilines is 1. The number of carbonyl (C=O) groups excluding carboxylic acids is 1. The van der Waals surface area contributed by atoms with E-state index in [0.29, 0.717) is 16.5 Å². The highest BCUT2D eigenvalue weighted by molar-refractivity contribution is 9.10. The van der Waals surface area contributed by atoms with Gasteiger partial charge in [0.25, 0.3) is 5.91 Å². The van der Waals surface area contributed by atoms with Crippen LogP contribution in [0.5, 0.6) is 5.75 Å². The Bertz CT molecular complexity index is 701. The van der Waals surface area contributed by atoms with E-state index in [1.54, 1.807) is 0 Å². The van der Waals surface area contributed by atoms with Crippen molar-refractivity contribution in [3.8, 4) is 5.75 Å². The van der Waals surface area contributed by atoms with E-state index in [1.807, 2.05) is 36.4 Å². The Labute approximate surface area is 143 Å². The van der Waals surface area contributed by atoms with E-state index in [4.69, 9.17) is 16.3 Å². The molecule has 0 radical (unpaired) electrons. The summed E-state index contributed by atoms with van der Waals surface area (Å²) in [6.07, 6.45) is 0. The quantitative estimate of drug-likeness (QED) is 0.686. The van der Waals surface area contributed by atoms with Gasteiger partial charge in [-0.15, -0.1) is 0 Å². The number of benzene rings is 2. The zero-order valence-corrected chi connectivity index (χ0v) is 14.6. The summed E-state index contributed by atoms with van der Waals surface area (Å²) in [5, 5.41) is 3.47. The van der Waals surface area contributed by atoms with Crippen molar-refractivity contribution in [2.75, 3.05) is 11.9 Å². The molecule has 3 nitrogen and oxygen atoms in total. The summed E-state index contributed by atoms with van der Waals surface area (Å²) < 4.78 is 6.28. The molecule has 2 aromatic rings. The highest BCUT2D eigenvalue weighted by atomic mass is 79.9. The lowest BCUT2D eigenvalue weighted by Crippen LogP contribution is -2.25. The second-order valence-corrected chi connectivity index (χ2v) is 6.93. The van der Waals surface area contributed by atoms with Gasteiger partial charge >= 0.3 is 0 Å². The van der Waals surface area contributed by atoms with E-state index in [9.17, 15) is 4.79 Å². The minimum Gasteiger partial charge on any atom is -0.482 e. The van der Waals surface area contributed by atoms with Gasteiger partial charge in [-0.1, -0.05) is 49.5 Å². The number of halogens is 3. The largest absolute Gasteiger partial charge is 0.482 e. The summed E-state index contributed by atoms with van der Waals surface area (Å²) in [5.41, 5.74) is 2.72. The molecule has 1 aliphatic rings. The summed E-state index contributed by atoms with van der Waals surface area (Å²) in [6, 6.07) is 11.5. The summed E-state index contributed by atoms with van der Waals surface area (Å²) >= 11 is 13.2. The molecule has 0 aromatic heterocycles. The van der Waals surface area contributed by atoms with Gasteiger partial charge in [0.15, 0.2) is 6.61 Å². The van der Waals surface area contributed by atoms with Gasteiger partial charge in [0.2, 0.25) is 0 Å². The van der Waals surface area contributed by atoms with Crippen LogP contribution in [0.3, 0.4) is 0 Å². The highest BCUT2D eigenvalue weighted by Crippen LogP contribution is 2.38. The van der Waals surface area contributed by atoms with Gasteiger partial charge in [0.1, 0.15) is 5.75 Å². The smallest absolute Gasteiger partial charge is 0.262 e. The van der Waals surface area contributed by atoms with Crippen molar-refractivity contribution in [1.82, 2.24) is 0 Å². The van der Waals surface area contributed by atoms with Crippen LogP contribution in [0.2, 0.25) is 5.02 Å². The number of amides is 1.